The van der Waals surface area contributed by atoms with Crippen LogP contribution in [-0.2, 0) is 21.3 Å². The molecule has 2 N–H and O–H groups in total. The normalized spacial score (nSPS) is 12.2. The predicted octanol–water partition coefficient (Wildman–Crippen LogP) is 1.34. The standard InChI is InChI=1S/C14H25N3O3S/c1-5-6-17(7-8-20-4)21(18,19)14-9-13(16-11-14)10-15-12(2)3/h5,9,11-12,15-16H,1,6-8,10H2,2-4H3. The molecule has 21 heavy (non-hydrogen) atoms. The second-order valence-corrected chi connectivity index (χ2v) is 6.98. The smallest absolute Gasteiger partial charge is 0.244 e. The molecule has 0 saturated heterocycles. The Labute approximate surface area is 127 Å². The molecule has 1 aromatic rings. The van der Waals surface area contributed by atoms with Crippen molar-refractivity contribution in [1.82, 2.24) is 14.6 Å². The zero-order valence-corrected chi connectivity index (χ0v) is 13.7. The van der Waals surface area contributed by atoms with Crippen LogP contribution in [0.1, 0.15) is 19.5 Å². The number of nitrogens with one attached hydrogen (secondary N) is 2. The van der Waals surface area contributed by atoms with Gasteiger partial charge in [0.1, 0.15) is 0 Å². The number of hydrogen-bond acceptors (Lipinski definition) is 4. The molecule has 1 aromatic heterocycles. The molecule has 0 aliphatic rings. The van der Waals surface area contributed by atoms with Crippen LogP contribution in [-0.4, -0.2) is 50.6 Å². The lowest BCUT2D eigenvalue weighted by atomic mass is 10.3. The van der Waals surface area contributed by atoms with Gasteiger partial charge in [-0.15, -0.1) is 6.58 Å². The SMILES string of the molecule is C=CCN(CCOC)S(=O)(=O)c1c[nH]c(CNC(C)C)c1. The van der Waals surface area contributed by atoms with Crippen LogP contribution in [0.4, 0.5) is 0 Å². The minimum atomic E-state index is -3.53. The summed E-state index contributed by atoms with van der Waals surface area (Å²) in [4.78, 5) is 3.26. The Hall–Kier alpha value is -1.15. The van der Waals surface area contributed by atoms with Gasteiger partial charge in [0.15, 0.2) is 0 Å². The highest BCUT2D eigenvalue weighted by molar-refractivity contribution is 7.89. The van der Waals surface area contributed by atoms with E-state index in [0.717, 1.165) is 5.69 Å². The number of sulfonamides is 1. The summed E-state index contributed by atoms with van der Waals surface area (Å²) in [6.07, 6.45) is 3.09. The largest absolute Gasteiger partial charge is 0.383 e. The van der Waals surface area contributed by atoms with Crippen LogP contribution in [0.2, 0.25) is 0 Å². The van der Waals surface area contributed by atoms with Crippen molar-refractivity contribution in [2.24, 2.45) is 0 Å². The first-order valence-electron chi connectivity index (χ1n) is 6.92. The number of aromatic amines is 1. The third-order valence-corrected chi connectivity index (χ3v) is 4.78. The van der Waals surface area contributed by atoms with Crippen molar-refractivity contribution in [2.75, 3.05) is 26.8 Å². The molecule has 0 fully saturated rings. The highest BCUT2D eigenvalue weighted by Crippen LogP contribution is 2.16. The number of ether oxygens (including phenoxy) is 1. The first-order valence-corrected chi connectivity index (χ1v) is 8.36. The fraction of sp³-hybridized carbons (Fsp3) is 0.571. The molecule has 0 aliphatic heterocycles. The fourth-order valence-corrected chi connectivity index (χ4v) is 3.19. The van der Waals surface area contributed by atoms with Crippen LogP contribution >= 0.6 is 0 Å². The molecule has 0 aromatic carbocycles. The highest BCUT2D eigenvalue weighted by Gasteiger charge is 2.24. The van der Waals surface area contributed by atoms with Gasteiger partial charge in [-0.3, -0.25) is 0 Å². The topological polar surface area (TPSA) is 74.4 Å². The summed E-state index contributed by atoms with van der Waals surface area (Å²) in [6.45, 7) is 9.19. The van der Waals surface area contributed by atoms with E-state index in [1.807, 2.05) is 13.8 Å². The maximum absolute atomic E-state index is 12.6. The van der Waals surface area contributed by atoms with Gasteiger partial charge in [-0.05, 0) is 6.07 Å². The Balaban J connectivity index is 2.86. The van der Waals surface area contributed by atoms with E-state index in [9.17, 15) is 8.42 Å². The average Bonchev–Trinajstić information content (AvgIpc) is 2.90. The molecule has 0 spiro atoms. The van der Waals surface area contributed by atoms with Crippen molar-refractivity contribution >= 4 is 10.0 Å². The molecule has 0 bridgehead atoms. The first-order chi connectivity index (χ1) is 9.91. The van der Waals surface area contributed by atoms with E-state index in [1.54, 1.807) is 19.3 Å². The van der Waals surface area contributed by atoms with Crippen molar-refractivity contribution in [2.45, 2.75) is 31.3 Å². The quantitative estimate of drug-likeness (QED) is 0.639. The molecular formula is C14H25N3O3S. The van der Waals surface area contributed by atoms with Crippen molar-refractivity contribution < 1.29 is 13.2 Å². The highest BCUT2D eigenvalue weighted by atomic mass is 32.2. The summed E-state index contributed by atoms with van der Waals surface area (Å²) in [5.41, 5.74) is 0.840. The van der Waals surface area contributed by atoms with Crippen LogP contribution in [0.15, 0.2) is 29.8 Å². The first kappa shape index (κ1) is 17.9. The Kier molecular flexibility index (Phi) is 7.10. The van der Waals surface area contributed by atoms with Crippen LogP contribution in [0.5, 0.6) is 0 Å². The summed E-state index contributed by atoms with van der Waals surface area (Å²) in [6, 6.07) is 2.00. The summed E-state index contributed by atoms with van der Waals surface area (Å²) in [5.74, 6) is 0. The van der Waals surface area contributed by atoms with E-state index in [0.29, 0.717) is 25.7 Å². The van der Waals surface area contributed by atoms with Gasteiger partial charge >= 0.3 is 0 Å². The minimum absolute atomic E-state index is 0.260. The molecule has 6 nitrogen and oxygen atoms in total. The van der Waals surface area contributed by atoms with Gasteiger partial charge in [0.25, 0.3) is 0 Å². The molecule has 0 radical (unpaired) electrons. The maximum atomic E-state index is 12.6. The number of hydrogen-bond donors (Lipinski definition) is 2. The summed E-state index contributed by atoms with van der Waals surface area (Å²) >= 11 is 0. The van der Waals surface area contributed by atoms with E-state index in [-0.39, 0.29) is 11.4 Å². The van der Waals surface area contributed by atoms with Gasteiger partial charge in [0.05, 0.1) is 11.5 Å². The van der Waals surface area contributed by atoms with Crippen molar-refractivity contribution in [3.8, 4) is 0 Å². The lowest BCUT2D eigenvalue weighted by molar-refractivity contribution is 0.182. The minimum Gasteiger partial charge on any atom is -0.383 e. The van der Waals surface area contributed by atoms with Crippen LogP contribution < -0.4 is 5.32 Å². The van der Waals surface area contributed by atoms with Crippen LogP contribution in [0, 0.1) is 0 Å². The van der Waals surface area contributed by atoms with Gasteiger partial charge in [0, 0.05) is 44.7 Å². The monoisotopic (exact) mass is 315 g/mol. The third-order valence-electron chi connectivity index (χ3n) is 2.93. The molecule has 0 saturated carbocycles. The van der Waals surface area contributed by atoms with E-state index in [2.05, 4.69) is 16.9 Å². The molecule has 0 amide bonds. The summed E-state index contributed by atoms with van der Waals surface area (Å²) in [5, 5.41) is 3.24. The Morgan fingerprint density at radius 2 is 2.24 bits per heavy atom. The number of nitrogens with zero attached hydrogens (tertiary/aromatic N) is 1. The van der Waals surface area contributed by atoms with Gasteiger partial charge in [-0.1, -0.05) is 19.9 Å². The Morgan fingerprint density at radius 1 is 1.52 bits per heavy atom. The van der Waals surface area contributed by atoms with Crippen molar-refractivity contribution in [3.63, 3.8) is 0 Å². The van der Waals surface area contributed by atoms with Crippen molar-refractivity contribution in [1.29, 1.82) is 0 Å². The van der Waals surface area contributed by atoms with Gasteiger partial charge in [-0.2, -0.15) is 4.31 Å². The molecule has 1 rings (SSSR count). The third kappa shape index (κ3) is 5.28. The summed E-state index contributed by atoms with van der Waals surface area (Å²) < 4.78 is 31.4. The van der Waals surface area contributed by atoms with E-state index in [1.165, 1.54) is 10.5 Å². The number of methoxy groups -OCH3 is 1. The molecule has 0 unspecified atom stereocenters. The van der Waals surface area contributed by atoms with E-state index < -0.39 is 10.0 Å². The molecule has 7 heteroatoms. The number of H-pyrrole nitrogens is 1. The van der Waals surface area contributed by atoms with E-state index >= 15 is 0 Å². The number of rotatable bonds is 10. The van der Waals surface area contributed by atoms with Crippen molar-refractivity contribution in [3.05, 3.63) is 30.6 Å². The summed E-state index contributed by atoms with van der Waals surface area (Å²) in [7, 11) is -1.98. The zero-order valence-electron chi connectivity index (χ0n) is 12.9. The second-order valence-electron chi connectivity index (χ2n) is 5.04. The van der Waals surface area contributed by atoms with Gasteiger partial charge in [0.2, 0.25) is 10.0 Å². The van der Waals surface area contributed by atoms with Gasteiger partial charge < -0.3 is 15.0 Å². The Morgan fingerprint density at radius 3 is 2.81 bits per heavy atom. The molecule has 0 aliphatic carbocycles. The van der Waals surface area contributed by atoms with Gasteiger partial charge in [-0.25, -0.2) is 8.42 Å². The fourth-order valence-electron chi connectivity index (χ4n) is 1.78. The number of aromatic nitrogens is 1. The van der Waals surface area contributed by atoms with E-state index in [4.69, 9.17) is 4.74 Å². The van der Waals surface area contributed by atoms with Crippen LogP contribution in [0.25, 0.3) is 0 Å². The van der Waals surface area contributed by atoms with Crippen LogP contribution in [0.3, 0.4) is 0 Å². The maximum Gasteiger partial charge on any atom is 0.244 e. The molecule has 1 heterocycles. The molecule has 120 valence electrons. The zero-order chi connectivity index (χ0) is 15.9. The predicted molar refractivity (Wildman–Crippen MR) is 83.6 cm³/mol. The lowest BCUT2D eigenvalue weighted by Gasteiger charge is -2.19. The second kappa shape index (κ2) is 8.33. The average molecular weight is 315 g/mol. The molecular weight excluding hydrogens is 290 g/mol. The lowest BCUT2D eigenvalue weighted by Crippen LogP contribution is -2.33. The molecule has 0 atom stereocenters. The Bertz CT molecular complexity index is 537.